The van der Waals surface area contributed by atoms with Crippen LogP contribution in [0.2, 0.25) is 0 Å². The Labute approximate surface area is 160 Å². The number of nitrogens with zero attached hydrogens (tertiary/aromatic N) is 2. The Balaban J connectivity index is 1.78. The summed E-state index contributed by atoms with van der Waals surface area (Å²) in [5, 5.41) is 25.5. The van der Waals surface area contributed by atoms with Crippen molar-refractivity contribution >= 4 is 23.1 Å². The minimum Gasteiger partial charge on any atom is -0.506 e. The number of anilines is 1. The number of benzene rings is 2. The smallest absolute Gasteiger partial charge is 0.270 e. The molecule has 28 heavy (non-hydrogen) atoms. The van der Waals surface area contributed by atoms with Gasteiger partial charge < -0.3 is 14.9 Å². The molecule has 138 valence electrons. The van der Waals surface area contributed by atoms with Crippen LogP contribution >= 0.6 is 0 Å². The highest BCUT2D eigenvalue weighted by molar-refractivity contribution is 6.12. The summed E-state index contributed by atoms with van der Waals surface area (Å²) in [6.45, 7) is 1.55. The van der Waals surface area contributed by atoms with Crippen molar-refractivity contribution in [3.63, 3.8) is 0 Å². The van der Waals surface area contributed by atoms with Gasteiger partial charge in [0.25, 0.3) is 5.91 Å². The van der Waals surface area contributed by atoms with Gasteiger partial charge in [-0.3, -0.25) is 9.59 Å². The average Bonchev–Trinajstić information content (AvgIpc) is 3.15. The molecule has 2 N–H and O–H groups in total. The van der Waals surface area contributed by atoms with Crippen LogP contribution in [0.25, 0.3) is 5.76 Å². The van der Waals surface area contributed by atoms with E-state index in [1.807, 2.05) is 6.07 Å². The van der Waals surface area contributed by atoms with Crippen molar-refractivity contribution in [3.8, 4) is 6.07 Å². The molecule has 0 unspecified atom stereocenters. The molecule has 1 aromatic heterocycles. The molecule has 3 rings (SSSR count). The van der Waals surface area contributed by atoms with Gasteiger partial charge in [-0.05, 0) is 31.2 Å². The molecule has 0 saturated heterocycles. The fourth-order valence-corrected chi connectivity index (χ4v) is 2.53. The number of carbonyl (C=O) groups excluding carboxylic acids is 2. The SMILES string of the molecule is Cc1oncc1C(O)=C(C#N)C(=O)Nc1ccc(C(=O)c2ccccc2)cc1. The van der Waals surface area contributed by atoms with Crippen LogP contribution in [0.15, 0.2) is 70.9 Å². The van der Waals surface area contributed by atoms with E-state index in [-0.39, 0.29) is 17.1 Å². The van der Waals surface area contributed by atoms with Crippen LogP contribution < -0.4 is 5.32 Å². The number of amides is 1. The number of aliphatic hydroxyl groups is 1. The number of hydrogen-bond donors (Lipinski definition) is 2. The average molecular weight is 373 g/mol. The zero-order valence-electron chi connectivity index (χ0n) is 14.8. The number of carbonyl (C=O) groups is 2. The van der Waals surface area contributed by atoms with Gasteiger partial charge in [0.05, 0.1) is 11.8 Å². The van der Waals surface area contributed by atoms with E-state index in [2.05, 4.69) is 10.5 Å². The minimum absolute atomic E-state index is 0.142. The summed E-state index contributed by atoms with van der Waals surface area (Å²) < 4.78 is 4.83. The third-order valence-electron chi connectivity index (χ3n) is 4.02. The summed E-state index contributed by atoms with van der Waals surface area (Å²) in [5.74, 6) is -1.17. The van der Waals surface area contributed by atoms with E-state index < -0.39 is 17.2 Å². The number of nitrogens with one attached hydrogen (secondary N) is 1. The number of rotatable bonds is 5. The van der Waals surface area contributed by atoms with Gasteiger partial charge in [-0.1, -0.05) is 35.5 Å². The predicted octanol–water partition coefficient (Wildman–Crippen LogP) is 3.65. The quantitative estimate of drug-likeness (QED) is 0.305. The molecule has 2 aromatic carbocycles. The standard InChI is InChI=1S/C21H15N3O4/c1-13-18(12-23-28-13)20(26)17(11-22)21(27)24-16-9-7-15(8-10-16)19(25)14-5-3-2-4-6-14/h2-10,12,26H,1H3,(H,24,27). The van der Waals surface area contributed by atoms with Gasteiger partial charge in [-0.15, -0.1) is 0 Å². The second-order valence-corrected chi connectivity index (χ2v) is 5.86. The van der Waals surface area contributed by atoms with Gasteiger partial charge in [0, 0.05) is 16.8 Å². The molecule has 7 heteroatoms. The Kier molecular flexibility index (Phi) is 5.33. The first-order chi connectivity index (χ1) is 13.5. The van der Waals surface area contributed by atoms with Gasteiger partial charge in [-0.2, -0.15) is 5.26 Å². The molecule has 1 amide bonds. The lowest BCUT2D eigenvalue weighted by atomic mass is 10.0. The summed E-state index contributed by atoms with van der Waals surface area (Å²) in [6.07, 6.45) is 1.22. The lowest BCUT2D eigenvalue weighted by Crippen LogP contribution is -2.15. The Morgan fingerprint density at radius 2 is 1.71 bits per heavy atom. The van der Waals surface area contributed by atoms with E-state index in [4.69, 9.17) is 4.52 Å². The summed E-state index contributed by atoms with van der Waals surface area (Å²) in [4.78, 5) is 24.8. The molecule has 0 aliphatic rings. The first-order valence-corrected chi connectivity index (χ1v) is 8.27. The molecule has 0 radical (unpaired) electrons. The Morgan fingerprint density at radius 3 is 2.29 bits per heavy atom. The van der Waals surface area contributed by atoms with Crippen molar-refractivity contribution in [2.45, 2.75) is 6.92 Å². The molecule has 0 spiro atoms. The predicted molar refractivity (Wildman–Crippen MR) is 101 cm³/mol. The molecule has 0 aliphatic heterocycles. The normalized spacial score (nSPS) is 11.3. The van der Waals surface area contributed by atoms with Gasteiger partial charge >= 0.3 is 0 Å². The van der Waals surface area contributed by atoms with E-state index in [0.717, 1.165) is 0 Å². The molecular formula is C21H15N3O4. The lowest BCUT2D eigenvalue weighted by molar-refractivity contribution is -0.112. The van der Waals surface area contributed by atoms with Crippen molar-refractivity contribution in [3.05, 3.63) is 88.8 Å². The molecule has 0 fully saturated rings. The van der Waals surface area contributed by atoms with Crippen LogP contribution in [-0.4, -0.2) is 22.0 Å². The van der Waals surface area contributed by atoms with Gasteiger partial charge in [0.15, 0.2) is 17.1 Å². The lowest BCUT2D eigenvalue weighted by Gasteiger charge is -2.07. The molecule has 1 heterocycles. The third kappa shape index (κ3) is 3.81. The Morgan fingerprint density at radius 1 is 1.07 bits per heavy atom. The maximum absolute atomic E-state index is 12.4. The van der Waals surface area contributed by atoms with Crippen molar-refractivity contribution in [1.29, 1.82) is 5.26 Å². The fraction of sp³-hybridized carbons (Fsp3) is 0.0476. The fourth-order valence-electron chi connectivity index (χ4n) is 2.53. The van der Waals surface area contributed by atoms with Crippen LogP contribution in [0.1, 0.15) is 27.2 Å². The molecule has 0 aliphatic carbocycles. The van der Waals surface area contributed by atoms with E-state index in [0.29, 0.717) is 16.8 Å². The minimum atomic E-state index is -0.789. The van der Waals surface area contributed by atoms with Crippen molar-refractivity contribution in [2.24, 2.45) is 0 Å². The maximum atomic E-state index is 12.4. The van der Waals surface area contributed by atoms with Crippen molar-refractivity contribution < 1.29 is 19.2 Å². The maximum Gasteiger partial charge on any atom is 0.270 e. The highest BCUT2D eigenvalue weighted by atomic mass is 16.5. The summed E-state index contributed by atoms with van der Waals surface area (Å²) in [6, 6.07) is 16.7. The molecule has 0 bridgehead atoms. The van der Waals surface area contributed by atoms with Gasteiger partial charge in [0.1, 0.15) is 11.8 Å². The molecule has 0 saturated carbocycles. The monoisotopic (exact) mass is 373 g/mol. The summed E-state index contributed by atoms with van der Waals surface area (Å²) in [7, 11) is 0. The number of aryl methyl sites for hydroxylation is 1. The van der Waals surface area contributed by atoms with Crippen molar-refractivity contribution in [1.82, 2.24) is 5.16 Å². The van der Waals surface area contributed by atoms with Crippen LogP contribution in [0.3, 0.4) is 0 Å². The highest BCUT2D eigenvalue weighted by Gasteiger charge is 2.20. The van der Waals surface area contributed by atoms with Crippen LogP contribution in [0.5, 0.6) is 0 Å². The summed E-state index contributed by atoms with van der Waals surface area (Å²) >= 11 is 0. The highest BCUT2D eigenvalue weighted by Crippen LogP contribution is 2.21. The van der Waals surface area contributed by atoms with Crippen molar-refractivity contribution in [2.75, 3.05) is 5.32 Å². The summed E-state index contributed by atoms with van der Waals surface area (Å²) in [5.41, 5.74) is 1.08. The Hall–Kier alpha value is -4.18. The largest absolute Gasteiger partial charge is 0.506 e. The molecule has 0 atom stereocenters. The molecule has 7 nitrogen and oxygen atoms in total. The second-order valence-electron chi connectivity index (χ2n) is 5.86. The number of aromatic nitrogens is 1. The number of hydrogen-bond acceptors (Lipinski definition) is 6. The van der Waals surface area contributed by atoms with Crippen LogP contribution in [0.4, 0.5) is 5.69 Å². The van der Waals surface area contributed by atoms with E-state index in [1.165, 1.54) is 6.20 Å². The van der Waals surface area contributed by atoms with E-state index >= 15 is 0 Å². The topological polar surface area (TPSA) is 116 Å². The number of aliphatic hydroxyl groups excluding tert-OH is 1. The molecular weight excluding hydrogens is 358 g/mol. The second kappa shape index (κ2) is 8.01. The molecule has 3 aromatic rings. The van der Waals surface area contributed by atoms with Crippen LogP contribution in [-0.2, 0) is 4.79 Å². The van der Waals surface area contributed by atoms with Crippen LogP contribution in [0, 0.1) is 18.3 Å². The number of nitriles is 1. The first kappa shape index (κ1) is 18.6. The van der Waals surface area contributed by atoms with E-state index in [9.17, 15) is 20.0 Å². The van der Waals surface area contributed by atoms with Gasteiger partial charge in [-0.25, -0.2) is 0 Å². The zero-order valence-corrected chi connectivity index (χ0v) is 14.8. The van der Waals surface area contributed by atoms with E-state index in [1.54, 1.807) is 61.5 Å². The first-order valence-electron chi connectivity index (χ1n) is 8.27. The Bertz CT molecular complexity index is 1090. The number of ketones is 1. The zero-order chi connectivity index (χ0) is 20.1. The third-order valence-corrected chi connectivity index (χ3v) is 4.02. The van der Waals surface area contributed by atoms with Gasteiger partial charge in [0.2, 0.25) is 0 Å².